The normalized spacial score (nSPS) is 10.3. The van der Waals surface area contributed by atoms with E-state index in [1.807, 2.05) is 24.4 Å². The summed E-state index contributed by atoms with van der Waals surface area (Å²) in [4.78, 5) is 4.30. The molecule has 2 aromatic rings. The number of hydrogen-bond donors (Lipinski definition) is 0. The molecule has 1 unspecified atom stereocenters. The van der Waals surface area contributed by atoms with Crippen LogP contribution in [0.15, 0.2) is 36.5 Å². The maximum atomic E-state index is 4.30. The van der Waals surface area contributed by atoms with Gasteiger partial charge in [0.1, 0.15) is 0 Å². The summed E-state index contributed by atoms with van der Waals surface area (Å²) in [5.41, 5.74) is 1.08. The molecule has 0 saturated heterocycles. The first kappa shape index (κ1) is 6.87. The van der Waals surface area contributed by atoms with E-state index in [0.29, 0.717) is 0 Å². The van der Waals surface area contributed by atoms with Gasteiger partial charge in [-0.3, -0.25) is 0 Å². The fourth-order valence-corrected chi connectivity index (χ4v) is 1.62. The predicted molar refractivity (Wildman–Crippen MR) is 49.9 cm³/mol. The van der Waals surface area contributed by atoms with Crippen LogP contribution >= 0.6 is 0 Å². The van der Waals surface area contributed by atoms with Gasteiger partial charge in [0.2, 0.25) is 0 Å². The van der Waals surface area contributed by atoms with Crippen LogP contribution in [0.5, 0.6) is 0 Å². The Labute approximate surface area is 74.0 Å². The number of para-hydroxylation sites is 1. The molecule has 0 saturated carbocycles. The zero-order valence-corrected chi connectivity index (χ0v) is 8.41. The molecule has 0 N–H and O–H groups in total. The molecule has 1 nitrogen and oxygen atoms in total. The Morgan fingerprint density at radius 3 is 2.91 bits per heavy atom. The Hall–Kier alpha value is -0.812. The number of benzene rings is 1. The quantitative estimate of drug-likeness (QED) is 0.570. The van der Waals surface area contributed by atoms with Crippen molar-refractivity contribution in [3.63, 3.8) is 0 Å². The number of pyridine rings is 1. The van der Waals surface area contributed by atoms with Gasteiger partial charge >= 0.3 is 73.6 Å². The maximum absolute atomic E-state index is 4.30. The van der Waals surface area contributed by atoms with Crippen molar-refractivity contribution in [1.82, 2.24) is 4.98 Å². The van der Waals surface area contributed by atoms with Crippen molar-refractivity contribution in [3.8, 4) is 0 Å². The molecular weight excluding hydrogens is 197 g/mol. The van der Waals surface area contributed by atoms with Gasteiger partial charge in [-0.25, -0.2) is 0 Å². The SMILES string of the molecule is [AsH2]c1cnc2ccccc2c1. The van der Waals surface area contributed by atoms with E-state index < -0.39 is 0 Å². The summed E-state index contributed by atoms with van der Waals surface area (Å²) in [6.45, 7) is 0. The van der Waals surface area contributed by atoms with Crippen molar-refractivity contribution < 1.29 is 0 Å². The van der Waals surface area contributed by atoms with Gasteiger partial charge in [-0.1, -0.05) is 0 Å². The second-order valence-electron chi connectivity index (χ2n) is 2.46. The summed E-state index contributed by atoms with van der Waals surface area (Å²) >= 11 is 1.62. The fourth-order valence-electron chi connectivity index (χ4n) is 1.09. The molecule has 1 heterocycles. The molecule has 0 aliphatic rings. The first-order valence-corrected chi connectivity index (χ1v) is 4.68. The van der Waals surface area contributed by atoms with Crippen LogP contribution in [0.2, 0.25) is 0 Å². The molecule has 1 aromatic carbocycles. The zero-order chi connectivity index (χ0) is 7.68. The van der Waals surface area contributed by atoms with Crippen molar-refractivity contribution >= 4 is 32.1 Å². The number of fused-ring (bicyclic) bond motifs is 1. The van der Waals surface area contributed by atoms with Crippen molar-refractivity contribution in [2.45, 2.75) is 0 Å². The predicted octanol–water partition coefficient (Wildman–Crippen LogP) is 0.493. The van der Waals surface area contributed by atoms with E-state index in [0.717, 1.165) is 5.52 Å². The minimum absolute atomic E-state index is 1.08. The van der Waals surface area contributed by atoms with E-state index in [-0.39, 0.29) is 0 Å². The fraction of sp³-hybridized carbons (Fsp3) is 0. The molecule has 0 fully saturated rings. The molecule has 0 aliphatic carbocycles. The van der Waals surface area contributed by atoms with Crippen molar-refractivity contribution in [2.75, 3.05) is 0 Å². The van der Waals surface area contributed by atoms with Gasteiger partial charge in [-0.15, -0.1) is 0 Å². The van der Waals surface area contributed by atoms with Crippen LogP contribution in [0.1, 0.15) is 0 Å². The van der Waals surface area contributed by atoms with Gasteiger partial charge in [-0.05, 0) is 0 Å². The van der Waals surface area contributed by atoms with Gasteiger partial charge in [0.05, 0.1) is 0 Å². The van der Waals surface area contributed by atoms with Crippen LogP contribution in [-0.2, 0) is 0 Å². The third-order valence-electron chi connectivity index (χ3n) is 1.61. The summed E-state index contributed by atoms with van der Waals surface area (Å²) < 4.78 is 1.27. The number of nitrogens with zero attached hydrogens (tertiary/aromatic N) is 1. The van der Waals surface area contributed by atoms with Crippen LogP contribution in [0.25, 0.3) is 10.9 Å². The Morgan fingerprint density at radius 1 is 1.18 bits per heavy atom. The third-order valence-corrected chi connectivity index (χ3v) is 2.27. The van der Waals surface area contributed by atoms with E-state index in [4.69, 9.17) is 0 Å². The van der Waals surface area contributed by atoms with E-state index in [2.05, 4.69) is 17.1 Å². The molecule has 11 heavy (non-hydrogen) atoms. The number of hydrogen-bond acceptors (Lipinski definition) is 1. The first-order chi connectivity index (χ1) is 5.36. The van der Waals surface area contributed by atoms with E-state index in [9.17, 15) is 0 Å². The molecular formula is C9H8AsN. The van der Waals surface area contributed by atoms with Gasteiger partial charge in [0.25, 0.3) is 0 Å². The average Bonchev–Trinajstić information content (AvgIpc) is 2.04. The van der Waals surface area contributed by atoms with Gasteiger partial charge < -0.3 is 0 Å². The Bertz CT molecular complexity index is 384. The molecule has 0 amide bonds. The monoisotopic (exact) mass is 205 g/mol. The van der Waals surface area contributed by atoms with Crippen molar-refractivity contribution in [1.29, 1.82) is 0 Å². The molecule has 0 spiro atoms. The molecule has 1 atom stereocenters. The Balaban J connectivity index is 2.83. The summed E-state index contributed by atoms with van der Waals surface area (Å²) in [5, 5.41) is 1.23. The molecule has 0 bridgehead atoms. The standard InChI is InChI=1S/C9H8AsN/c10-8-5-7-3-1-2-4-9(7)11-6-8/h1-6H,10H2. The third kappa shape index (κ3) is 1.29. The number of aromatic nitrogens is 1. The van der Waals surface area contributed by atoms with Crippen molar-refractivity contribution in [3.05, 3.63) is 36.5 Å². The summed E-state index contributed by atoms with van der Waals surface area (Å²) in [6.07, 6.45) is 1.92. The summed E-state index contributed by atoms with van der Waals surface area (Å²) in [7, 11) is 0. The second-order valence-corrected chi connectivity index (χ2v) is 3.86. The van der Waals surface area contributed by atoms with Crippen molar-refractivity contribution in [2.24, 2.45) is 0 Å². The van der Waals surface area contributed by atoms with E-state index in [1.165, 1.54) is 9.74 Å². The topological polar surface area (TPSA) is 12.9 Å². The first-order valence-electron chi connectivity index (χ1n) is 3.46. The zero-order valence-electron chi connectivity index (χ0n) is 5.99. The van der Waals surface area contributed by atoms with Crippen LogP contribution in [0, 0.1) is 0 Å². The minimum atomic E-state index is 1.08. The molecule has 2 rings (SSSR count). The molecule has 0 aliphatic heterocycles. The Morgan fingerprint density at radius 2 is 2.00 bits per heavy atom. The summed E-state index contributed by atoms with van der Waals surface area (Å²) in [6, 6.07) is 10.3. The number of rotatable bonds is 0. The van der Waals surface area contributed by atoms with Crippen LogP contribution in [0.3, 0.4) is 0 Å². The van der Waals surface area contributed by atoms with Gasteiger partial charge in [0.15, 0.2) is 0 Å². The Kier molecular flexibility index (Phi) is 1.67. The average molecular weight is 205 g/mol. The van der Waals surface area contributed by atoms with E-state index in [1.54, 1.807) is 16.9 Å². The summed E-state index contributed by atoms with van der Waals surface area (Å²) in [5.74, 6) is 0. The van der Waals surface area contributed by atoms with Crippen LogP contribution < -0.4 is 4.35 Å². The molecule has 0 radical (unpaired) electrons. The molecule has 1 aromatic heterocycles. The van der Waals surface area contributed by atoms with E-state index >= 15 is 0 Å². The van der Waals surface area contributed by atoms with Crippen LogP contribution in [-0.4, -0.2) is 21.8 Å². The molecule has 54 valence electrons. The van der Waals surface area contributed by atoms with Crippen LogP contribution in [0.4, 0.5) is 0 Å². The molecule has 2 heteroatoms. The van der Waals surface area contributed by atoms with Gasteiger partial charge in [-0.2, -0.15) is 0 Å². The van der Waals surface area contributed by atoms with Gasteiger partial charge in [0, 0.05) is 0 Å². The second kappa shape index (κ2) is 2.67.